The third kappa shape index (κ3) is 5.97. The van der Waals surface area contributed by atoms with Gasteiger partial charge in [0.1, 0.15) is 5.75 Å². The molecule has 180 valence electrons. The number of sulfonamides is 1. The van der Waals surface area contributed by atoms with Crippen LogP contribution in [0, 0.1) is 13.8 Å². The van der Waals surface area contributed by atoms with Gasteiger partial charge in [-0.1, -0.05) is 43.3 Å². The number of nitrogens with one attached hydrogen (secondary N) is 1. The van der Waals surface area contributed by atoms with Gasteiger partial charge in [-0.25, -0.2) is 8.42 Å². The zero-order valence-electron chi connectivity index (χ0n) is 20.3. The summed E-state index contributed by atoms with van der Waals surface area (Å²) in [5.41, 5.74) is 4.94. The number of anilines is 1. The first-order valence-electron chi connectivity index (χ1n) is 11.2. The topological polar surface area (TPSA) is 75.7 Å². The summed E-state index contributed by atoms with van der Waals surface area (Å²) < 4.78 is 31.7. The molecule has 0 bridgehead atoms. The van der Waals surface area contributed by atoms with Gasteiger partial charge in [-0.3, -0.25) is 9.10 Å². The van der Waals surface area contributed by atoms with Gasteiger partial charge in [-0.05, 0) is 72.9 Å². The zero-order valence-corrected chi connectivity index (χ0v) is 21.1. The van der Waals surface area contributed by atoms with Crippen LogP contribution in [0.4, 0.5) is 5.69 Å². The van der Waals surface area contributed by atoms with Crippen molar-refractivity contribution < 1.29 is 17.9 Å². The highest BCUT2D eigenvalue weighted by molar-refractivity contribution is 7.92. The average Bonchev–Trinajstić information content (AvgIpc) is 2.81. The van der Waals surface area contributed by atoms with Crippen LogP contribution in [0.5, 0.6) is 5.75 Å². The largest absolute Gasteiger partial charge is 0.496 e. The SMILES string of the molecule is CC[C@H](NC(=O)c1ccc(N(Cc2ccccc2C)S(C)(=O)=O)cc1)c1ccc(OC)c(C)c1. The lowest BCUT2D eigenvalue weighted by atomic mass is 10.0. The molecule has 1 atom stereocenters. The van der Waals surface area contributed by atoms with Crippen molar-refractivity contribution in [2.45, 2.75) is 39.8 Å². The summed E-state index contributed by atoms with van der Waals surface area (Å²) in [4.78, 5) is 12.9. The molecule has 0 aromatic heterocycles. The maximum atomic E-state index is 12.9. The predicted octanol–water partition coefficient (Wildman–Crippen LogP) is 5.16. The van der Waals surface area contributed by atoms with Gasteiger partial charge < -0.3 is 10.1 Å². The molecule has 0 aliphatic rings. The molecule has 7 heteroatoms. The highest BCUT2D eigenvalue weighted by Gasteiger charge is 2.20. The van der Waals surface area contributed by atoms with Crippen LogP contribution in [-0.2, 0) is 16.6 Å². The second-order valence-corrected chi connectivity index (χ2v) is 10.3. The average molecular weight is 481 g/mol. The lowest BCUT2D eigenvalue weighted by Gasteiger charge is -2.24. The number of carbonyl (C=O) groups is 1. The Morgan fingerprint density at radius 1 is 1.00 bits per heavy atom. The van der Waals surface area contributed by atoms with Crippen molar-refractivity contribution in [1.82, 2.24) is 5.32 Å². The van der Waals surface area contributed by atoms with Gasteiger partial charge in [0.05, 0.1) is 31.6 Å². The first kappa shape index (κ1) is 25.3. The lowest BCUT2D eigenvalue weighted by molar-refractivity contribution is 0.0935. The maximum absolute atomic E-state index is 12.9. The Labute approximate surface area is 202 Å². The zero-order chi connectivity index (χ0) is 24.9. The molecule has 0 fully saturated rings. The summed E-state index contributed by atoms with van der Waals surface area (Å²) >= 11 is 0. The molecule has 1 N–H and O–H groups in total. The van der Waals surface area contributed by atoms with Crippen molar-refractivity contribution in [3.8, 4) is 5.75 Å². The van der Waals surface area contributed by atoms with Crippen LogP contribution in [0.3, 0.4) is 0 Å². The van der Waals surface area contributed by atoms with Gasteiger partial charge >= 0.3 is 0 Å². The van der Waals surface area contributed by atoms with Crippen LogP contribution in [0.1, 0.15) is 52.0 Å². The fourth-order valence-corrected chi connectivity index (χ4v) is 4.78. The van der Waals surface area contributed by atoms with E-state index in [2.05, 4.69) is 5.32 Å². The number of ether oxygens (including phenoxy) is 1. The second kappa shape index (κ2) is 10.7. The molecular formula is C27H32N2O4S. The van der Waals surface area contributed by atoms with Crippen LogP contribution in [0.25, 0.3) is 0 Å². The molecule has 0 unspecified atom stereocenters. The van der Waals surface area contributed by atoms with Crippen molar-refractivity contribution in [1.29, 1.82) is 0 Å². The molecule has 0 heterocycles. The number of amides is 1. The van der Waals surface area contributed by atoms with Crippen molar-refractivity contribution in [3.63, 3.8) is 0 Å². The van der Waals surface area contributed by atoms with E-state index in [-0.39, 0.29) is 18.5 Å². The summed E-state index contributed by atoms with van der Waals surface area (Å²) in [7, 11) is -1.88. The summed E-state index contributed by atoms with van der Waals surface area (Å²) in [5.74, 6) is 0.596. The Morgan fingerprint density at radius 2 is 1.68 bits per heavy atom. The third-order valence-electron chi connectivity index (χ3n) is 5.93. The highest BCUT2D eigenvalue weighted by atomic mass is 32.2. The van der Waals surface area contributed by atoms with E-state index in [4.69, 9.17) is 4.74 Å². The number of hydrogen-bond acceptors (Lipinski definition) is 4. The number of methoxy groups -OCH3 is 1. The van der Waals surface area contributed by atoms with Crippen LogP contribution < -0.4 is 14.4 Å². The summed E-state index contributed by atoms with van der Waals surface area (Å²) in [6, 6.07) is 20.1. The molecule has 0 aliphatic carbocycles. The lowest BCUT2D eigenvalue weighted by Crippen LogP contribution is -2.30. The molecular weight excluding hydrogens is 448 g/mol. The predicted molar refractivity (Wildman–Crippen MR) is 137 cm³/mol. The molecule has 3 rings (SSSR count). The van der Waals surface area contributed by atoms with E-state index in [1.165, 1.54) is 10.6 Å². The molecule has 3 aromatic carbocycles. The summed E-state index contributed by atoms with van der Waals surface area (Å²) in [6.45, 7) is 6.17. The van der Waals surface area contributed by atoms with Crippen LogP contribution in [0.15, 0.2) is 66.7 Å². The summed E-state index contributed by atoms with van der Waals surface area (Å²) in [6.07, 6.45) is 1.92. The smallest absolute Gasteiger partial charge is 0.251 e. The van der Waals surface area contributed by atoms with Gasteiger partial charge in [0.15, 0.2) is 0 Å². The van der Waals surface area contributed by atoms with Gasteiger partial charge in [0.2, 0.25) is 10.0 Å². The van der Waals surface area contributed by atoms with E-state index < -0.39 is 10.0 Å². The van der Waals surface area contributed by atoms with Gasteiger partial charge in [-0.15, -0.1) is 0 Å². The number of nitrogens with zero attached hydrogens (tertiary/aromatic N) is 1. The third-order valence-corrected chi connectivity index (χ3v) is 7.07. The fraction of sp³-hybridized carbons (Fsp3) is 0.296. The number of aryl methyl sites for hydroxylation is 2. The molecule has 0 saturated heterocycles. The second-order valence-electron chi connectivity index (χ2n) is 8.41. The summed E-state index contributed by atoms with van der Waals surface area (Å²) in [5, 5.41) is 3.08. The van der Waals surface area contributed by atoms with Crippen molar-refractivity contribution in [2.24, 2.45) is 0 Å². The molecule has 3 aromatic rings. The highest BCUT2D eigenvalue weighted by Crippen LogP contribution is 2.26. The fourth-order valence-electron chi connectivity index (χ4n) is 3.90. The minimum Gasteiger partial charge on any atom is -0.496 e. The minimum atomic E-state index is -3.51. The van der Waals surface area contributed by atoms with Crippen LogP contribution >= 0.6 is 0 Å². The van der Waals surface area contributed by atoms with Crippen molar-refractivity contribution in [3.05, 3.63) is 94.5 Å². The van der Waals surface area contributed by atoms with E-state index in [1.54, 1.807) is 31.4 Å². The Bertz CT molecular complexity index is 1250. The van der Waals surface area contributed by atoms with Crippen LogP contribution in [-0.4, -0.2) is 27.7 Å². The van der Waals surface area contributed by atoms with E-state index in [9.17, 15) is 13.2 Å². The number of benzene rings is 3. The first-order chi connectivity index (χ1) is 16.1. The Kier molecular flexibility index (Phi) is 7.99. The van der Waals surface area contributed by atoms with Gasteiger partial charge in [0.25, 0.3) is 5.91 Å². The molecule has 0 saturated carbocycles. The minimum absolute atomic E-state index is 0.148. The van der Waals surface area contributed by atoms with Crippen LogP contribution in [0.2, 0.25) is 0 Å². The Morgan fingerprint density at radius 3 is 2.24 bits per heavy atom. The normalized spacial score (nSPS) is 12.1. The number of rotatable bonds is 9. The molecule has 0 radical (unpaired) electrons. The number of carbonyl (C=O) groups excluding carboxylic acids is 1. The van der Waals surface area contributed by atoms with E-state index in [0.29, 0.717) is 11.3 Å². The van der Waals surface area contributed by atoms with E-state index in [0.717, 1.165) is 34.4 Å². The van der Waals surface area contributed by atoms with E-state index in [1.807, 2.05) is 63.2 Å². The maximum Gasteiger partial charge on any atom is 0.251 e. The van der Waals surface area contributed by atoms with Crippen molar-refractivity contribution in [2.75, 3.05) is 17.7 Å². The van der Waals surface area contributed by atoms with Gasteiger partial charge in [-0.2, -0.15) is 0 Å². The molecule has 0 spiro atoms. The van der Waals surface area contributed by atoms with Gasteiger partial charge in [0, 0.05) is 5.56 Å². The molecule has 0 aliphatic heterocycles. The quantitative estimate of drug-likeness (QED) is 0.459. The number of hydrogen-bond donors (Lipinski definition) is 1. The molecule has 6 nitrogen and oxygen atoms in total. The standard InChI is InChI=1S/C27H32N2O4S/c1-6-25(22-13-16-26(33-4)20(3)17-22)28-27(30)21-11-14-24(15-12-21)29(34(5,31)32)18-23-10-8-7-9-19(23)2/h7-17,25H,6,18H2,1-5H3,(H,28,30)/t25-/m0/s1. The first-order valence-corrected chi connectivity index (χ1v) is 13.1. The molecule has 34 heavy (non-hydrogen) atoms. The monoisotopic (exact) mass is 480 g/mol. The Balaban J connectivity index is 1.79. The van der Waals surface area contributed by atoms with E-state index >= 15 is 0 Å². The Hall–Kier alpha value is -3.32. The van der Waals surface area contributed by atoms with Crippen molar-refractivity contribution >= 4 is 21.6 Å². The molecule has 1 amide bonds.